The molecule has 2 saturated carbocycles. The summed E-state index contributed by atoms with van der Waals surface area (Å²) < 4.78 is 5.41. The van der Waals surface area contributed by atoms with Crippen LogP contribution in [0.1, 0.15) is 12.8 Å². The van der Waals surface area contributed by atoms with E-state index in [0.717, 1.165) is 12.8 Å². The van der Waals surface area contributed by atoms with Gasteiger partial charge in [-0.05, 0) is 48.9 Å². The quantitative estimate of drug-likeness (QED) is 0.880. The third-order valence-corrected chi connectivity index (χ3v) is 4.27. The minimum atomic E-state index is -0.0836. The number of ether oxygens (including phenoxy) is 1. The summed E-state index contributed by atoms with van der Waals surface area (Å²) in [5.74, 6) is 1.78. The van der Waals surface area contributed by atoms with Crippen molar-refractivity contribution in [2.45, 2.75) is 24.9 Å². The number of carbonyl (C=O) groups excluding carboxylic acids is 1. The molecule has 2 aliphatic rings. The fraction of sp³-hybridized carbons (Fsp3) is 0.500. The average molecular weight is 281 g/mol. The number of carbonyl (C=O) groups is 1. The summed E-state index contributed by atoms with van der Waals surface area (Å²) in [7, 11) is 0. The van der Waals surface area contributed by atoms with Gasteiger partial charge in [0.1, 0.15) is 5.75 Å². The van der Waals surface area contributed by atoms with E-state index in [0.29, 0.717) is 22.6 Å². The van der Waals surface area contributed by atoms with E-state index in [-0.39, 0.29) is 24.6 Å². The first kappa shape index (κ1) is 12.8. The van der Waals surface area contributed by atoms with Crippen LogP contribution in [0.25, 0.3) is 0 Å². The molecule has 2 fully saturated rings. The van der Waals surface area contributed by atoms with Crippen molar-refractivity contribution in [1.82, 2.24) is 5.32 Å². The molecule has 2 unspecified atom stereocenters. The standard InChI is InChI=1S/C14H17ClN2O2/c15-8-1-3-9(4-2-8)19-7-14(18)17-13-6-12(16)10-5-11(10)13/h1-4,10-13H,5-7,16H2,(H,17,18)/t10?,11?,12-,13+/m0/s1. The first-order valence-corrected chi connectivity index (χ1v) is 6.94. The van der Waals surface area contributed by atoms with Gasteiger partial charge in [0.2, 0.25) is 0 Å². The molecule has 0 saturated heterocycles. The molecule has 1 aromatic carbocycles. The summed E-state index contributed by atoms with van der Waals surface area (Å²) >= 11 is 5.78. The first-order valence-electron chi connectivity index (χ1n) is 6.57. The van der Waals surface area contributed by atoms with Crippen LogP contribution in [0.15, 0.2) is 24.3 Å². The fourth-order valence-corrected chi connectivity index (χ4v) is 3.05. The number of nitrogens with two attached hydrogens (primary N) is 1. The molecule has 102 valence electrons. The van der Waals surface area contributed by atoms with Crippen LogP contribution >= 0.6 is 11.6 Å². The minimum absolute atomic E-state index is 0.0325. The van der Waals surface area contributed by atoms with E-state index < -0.39 is 0 Å². The lowest BCUT2D eigenvalue weighted by Crippen LogP contribution is -2.39. The maximum absolute atomic E-state index is 11.8. The van der Waals surface area contributed by atoms with Gasteiger partial charge >= 0.3 is 0 Å². The summed E-state index contributed by atoms with van der Waals surface area (Å²) in [5.41, 5.74) is 5.97. The van der Waals surface area contributed by atoms with Gasteiger partial charge in [-0.3, -0.25) is 4.79 Å². The zero-order valence-corrected chi connectivity index (χ0v) is 11.3. The summed E-state index contributed by atoms with van der Waals surface area (Å²) in [6.45, 7) is 0.0325. The van der Waals surface area contributed by atoms with Crippen molar-refractivity contribution in [3.63, 3.8) is 0 Å². The Hall–Kier alpha value is -1.26. The SMILES string of the molecule is N[C@H]1C[C@@H](NC(=O)COc2ccc(Cl)cc2)C2CC21. The molecule has 4 nitrogen and oxygen atoms in total. The van der Waals surface area contributed by atoms with E-state index in [1.807, 2.05) is 0 Å². The molecule has 0 radical (unpaired) electrons. The van der Waals surface area contributed by atoms with Gasteiger partial charge in [0.25, 0.3) is 5.91 Å². The monoisotopic (exact) mass is 280 g/mol. The lowest BCUT2D eigenvalue weighted by molar-refractivity contribution is -0.123. The van der Waals surface area contributed by atoms with Gasteiger partial charge in [0, 0.05) is 17.1 Å². The molecule has 1 amide bonds. The largest absolute Gasteiger partial charge is 0.484 e. The third kappa shape index (κ3) is 2.85. The lowest BCUT2D eigenvalue weighted by atomic mass is 10.1. The zero-order chi connectivity index (χ0) is 13.4. The molecule has 0 bridgehead atoms. The predicted octanol–water partition coefficient (Wildman–Crippen LogP) is 1.57. The molecule has 0 aromatic heterocycles. The van der Waals surface area contributed by atoms with Gasteiger partial charge in [0.15, 0.2) is 6.61 Å². The molecule has 0 spiro atoms. The maximum Gasteiger partial charge on any atom is 0.258 e. The average Bonchev–Trinajstić information content (AvgIpc) is 3.12. The Morgan fingerprint density at radius 1 is 1.32 bits per heavy atom. The maximum atomic E-state index is 11.8. The molecule has 5 heteroatoms. The number of rotatable bonds is 4. The summed E-state index contributed by atoms with van der Waals surface area (Å²) in [6, 6.07) is 7.46. The molecule has 19 heavy (non-hydrogen) atoms. The van der Waals surface area contributed by atoms with Crippen LogP contribution in [-0.2, 0) is 4.79 Å². The molecular formula is C14H17ClN2O2. The van der Waals surface area contributed by atoms with Crippen molar-refractivity contribution in [2.75, 3.05) is 6.61 Å². The van der Waals surface area contributed by atoms with E-state index >= 15 is 0 Å². The number of halogens is 1. The minimum Gasteiger partial charge on any atom is -0.484 e. The second-order valence-corrected chi connectivity index (χ2v) is 5.82. The lowest BCUT2D eigenvalue weighted by Gasteiger charge is -2.16. The van der Waals surface area contributed by atoms with Crippen LogP contribution in [-0.4, -0.2) is 24.6 Å². The number of nitrogens with one attached hydrogen (secondary N) is 1. The highest BCUT2D eigenvalue weighted by atomic mass is 35.5. The molecule has 0 heterocycles. The normalized spacial score (nSPS) is 31.7. The Kier molecular flexibility index (Phi) is 3.37. The molecule has 3 rings (SSSR count). The molecule has 0 aliphatic heterocycles. The Morgan fingerprint density at radius 3 is 2.63 bits per heavy atom. The number of hydrogen-bond donors (Lipinski definition) is 2. The topological polar surface area (TPSA) is 64.3 Å². The molecule has 3 N–H and O–H groups in total. The Bertz CT molecular complexity index is 477. The highest BCUT2D eigenvalue weighted by Crippen LogP contribution is 2.51. The van der Waals surface area contributed by atoms with Crippen molar-refractivity contribution in [3.05, 3.63) is 29.3 Å². The van der Waals surface area contributed by atoms with Gasteiger partial charge in [0.05, 0.1) is 0 Å². The van der Waals surface area contributed by atoms with Crippen molar-refractivity contribution in [1.29, 1.82) is 0 Å². The number of fused-ring (bicyclic) bond motifs is 1. The van der Waals surface area contributed by atoms with Gasteiger partial charge in [-0.25, -0.2) is 0 Å². The van der Waals surface area contributed by atoms with Crippen LogP contribution in [0.4, 0.5) is 0 Å². The van der Waals surface area contributed by atoms with E-state index in [2.05, 4.69) is 5.32 Å². The second-order valence-electron chi connectivity index (χ2n) is 5.38. The summed E-state index contributed by atoms with van der Waals surface area (Å²) in [4.78, 5) is 11.8. The summed E-state index contributed by atoms with van der Waals surface area (Å²) in [6.07, 6.45) is 2.05. The van der Waals surface area contributed by atoms with Crippen molar-refractivity contribution in [2.24, 2.45) is 17.6 Å². The van der Waals surface area contributed by atoms with Crippen LogP contribution < -0.4 is 15.8 Å². The van der Waals surface area contributed by atoms with E-state index in [1.165, 1.54) is 0 Å². The predicted molar refractivity (Wildman–Crippen MR) is 73.1 cm³/mol. The zero-order valence-electron chi connectivity index (χ0n) is 10.5. The van der Waals surface area contributed by atoms with Crippen molar-refractivity contribution < 1.29 is 9.53 Å². The highest BCUT2D eigenvalue weighted by molar-refractivity contribution is 6.30. The number of hydrogen-bond acceptors (Lipinski definition) is 3. The Labute approximate surface area is 117 Å². The fourth-order valence-electron chi connectivity index (χ4n) is 2.93. The molecule has 2 aliphatic carbocycles. The van der Waals surface area contributed by atoms with Crippen molar-refractivity contribution >= 4 is 17.5 Å². The van der Waals surface area contributed by atoms with Crippen LogP contribution in [0, 0.1) is 11.8 Å². The van der Waals surface area contributed by atoms with Crippen LogP contribution in [0.3, 0.4) is 0 Å². The summed E-state index contributed by atoms with van der Waals surface area (Å²) in [5, 5.41) is 3.66. The molecule has 4 atom stereocenters. The van der Waals surface area contributed by atoms with E-state index in [1.54, 1.807) is 24.3 Å². The Balaban J connectivity index is 1.45. The highest BCUT2D eigenvalue weighted by Gasteiger charge is 2.53. The van der Waals surface area contributed by atoms with E-state index in [4.69, 9.17) is 22.1 Å². The van der Waals surface area contributed by atoms with Gasteiger partial charge < -0.3 is 15.8 Å². The smallest absolute Gasteiger partial charge is 0.258 e. The molecule has 1 aromatic rings. The van der Waals surface area contributed by atoms with Gasteiger partial charge in [-0.2, -0.15) is 0 Å². The van der Waals surface area contributed by atoms with Gasteiger partial charge in [-0.1, -0.05) is 11.6 Å². The third-order valence-electron chi connectivity index (χ3n) is 4.01. The number of benzene rings is 1. The second kappa shape index (κ2) is 5.02. The van der Waals surface area contributed by atoms with Crippen molar-refractivity contribution in [3.8, 4) is 5.75 Å². The van der Waals surface area contributed by atoms with E-state index in [9.17, 15) is 4.79 Å². The molecular weight excluding hydrogens is 264 g/mol. The van der Waals surface area contributed by atoms with Crippen LogP contribution in [0.5, 0.6) is 5.75 Å². The Morgan fingerprint density at radius 2 is 2.05 bits per heavy atom. The van der Waals surface area contributed by atoms with Crippen LogP contribution in [0.2, 0.25) is 5.02 Å². The number of amides is 1. The first-order chi connectivity index (χ1) is 9.13. The van der Waals surface area contributed by atoms with Gasteiger partial charge in [-0.15, -0.1) is 0 Å².